The Hall–Kier alpha value is -0.900. The summed E-state index contributed by atoms with van der Waals surface area (Å²) in [5.41, 5.74) is 2.51. The van der Waals surface area contributed by atoms with E-state index in [2.05, 4.69) is 57.3 Å². The van der Waals surface area contributed by atoms with E-state index in [1.54, 1.807) is 0 Å². The third kappa shape index (κ3) is 8.20. The van der Waals surface area contributed by atoms with Gasteiger partial charge >= 0.3 is 0 Å². The van der Waals surface area contributed by atoms with Crippen molar-refractivity contribution in [2.24, 2.45) is 5.92 Å². The van der Waals surface area contributed by atoms with Crippen LogP contribution < -0.4 is 5.32 Å². The summed E-state index contributed by atoms with van der Waals surface area (Å²) >= 11 is 0. The normalized spacial score (nSPS) is 12.8. The lowest BCUT2D eigenvalue weighted by atomic mass is 10.1. The molecule has 0 bridgehead atoms. The molecule has 0 aromatic heterocycles. The van der Waals surface area contributed by atoms with Crippen LogP contribution in [0.5, 0.6) is 0 Å². The van der Waals surface area contributed by atoms with Crippen LogP contribution in [-0.4, -0.2) is 32.9 Å². The van der Waals surface area contributed by atoms with E-state index in [4.69, 9.17) is 9.47 Å². The van der Waals surface area contributed by atoms with E-state index in [9.17, 15) is 0 Å². The predicted molar refractivity (Wildman–Crippen MR) is 88.7 cm³/mol. The Morgan fingerprint density at radius 2 is 2.00 bits per heavy atom. The number of rotatable bonds is 11. The average molecular weight is 293 g/mol. The zero-order chi connectivity index (χ0) is 15.5. The van der Waals surface area contributed by atoms with Crippen molar-refractivity contribution in [3.63, 3.8) is 0 Å². The summed E-state index contributed by atoms with van der Waals surface area (Å²) in [6, 6.07) is 8.55. The highest BCUT2D eigenvalue weighted by molar-refractivity contribution is 5.24. The van der Waals surface area contributed by atoms with Crippen molar-refractivity contribution < 1.29 is 9.47 Å². The summed E-state index contributed by atoms with van der Waals surface area (Å²) < 4.78 is 11.6. The second-order valence-corrected chi connectivity index (χ2v) is 5.95. The molecule has 1 aromatic carbocycles. The van der Waals surface area contributed by atoms with Crippen LogP contribution in [0.15, 0.2) is 24.3 Å². The fraction of sp³-hybridized carbons (Fsp3) is 0.667. The van der Waals surface area contributed by atoms with Crippen LogP contribution in [0.1, 0.15) is 44.4 Å². The second kappa shape index (κ2) is 10.8. The zero-order valence-electron chi connectivity index (χ0n) is 14.0. The van der Waals surface area contributed by atoms with Gasteiger partial charge in [0.1, 0.15) is 0 Å². The Balaban J connectivity index is 2.44. The van der Waals surface area contributed by atoms with Crippen LogP contribution in [-0.2, 0) is 9.47 Å². The van der Waals surface area contributed by atoms with E-state index in [-0.39, 0.29) is 6.10 Å². The molecule has 0 amide bonds. The van der Waals surface area contributed by atoms with Crippen molar-refractivity contribution in [1.29, 1.82) is 0 Å². The quantitative estimate of drug-likeness (QED) is 0.631. The average Bonchev–Trinajstić information content (AvgIpc) is 2.45. The number of benzene rings is 1. The number of hydrogen-bond donors (Lipinski definition) is 1. The van der Waals surface area contributed by atoms with E-state index in [0.29, 0.717) is 19.1 Å². The molecular formula is C18H31NO2. The fourth-order valence-corrected chi connectivity index (χ4v) is 2.12. The SMILES string of the molecule is CCCNCC(OCCOCC(C)C)c1cccc(C)c1. The van der Waals surface area contributed by atoms with Gasteiger partial charge in [-0.3, -0.25) is 0 Å². The summed E-state index contributed by atoms with van der Waals surface area (Å²) in [7, 11) is 0. The molecule has 21 heavy (non-hydrogen) atoms. The van der Waals surface area contributed by atoms with Crippen molar-refractivity contribution in [2.75, 3.05) is 32.9 Å². The van der Waals surface area contributed by atoms with E-state index >= 15 is 0 Å². The summed E-state index contributed by atoms with van der Waals surface area (Å²) in [4.78, 5) is 0. The van der Waals surface area contributed by atoms with Crippen LogP contribution in [0, 0.1) is 12.8 Å². The Morgan fingerprint density at radius 1 is 1.19 bits per heavy atom. The standard InChI is InChI=1S/C18H31NO2/c1-5-9-19-13-18(17-8-6-7-16(4)12-17)21-11-10-20-14-15(2)3/h6-8,12,15,18-19H,5,9-11,13-14H2,1-4H3. The minimum Gasteiger partial charge on any atom is -0.379 e. The maximum Gasteiger partial charge on any atom is 0.0950 e. The Labute approximate surface area is 130 Å². The molecule has 120 valence electrons. The van der Waals surface area contributed by atoms with Crippen LogP contribution in [0.4, 0.5) is 0 Å². The molecule has 1 N–H and O–H groups in total. The monoisotopic (exact) mass is 293 g/mol. The molecule has 0 fully saturated rings. The number of nitrogens with one attached hydrogen (secondary N) is 1. The lowest BCUT2D eigenvalue weighted by molar-refractivity contribution is -0.00125. The van der Waals surface area contributed by atoms with Gasteiger partial charge in [0.15, 0.2) is 0 Å². The zero-order valence-corrected chi connectivity index (χ0v) is 14.0. The van der Waals surface area contributed by atoms with Crippen LogP contribution >= 0.6 is 0 Å². The molecule has 0 spiro atoms. The predicted octanol–water partition coefficient (Wildman–Crippen LogP) is 3.72. The Bertz CT molecular complexity index is 379. The van der Waals surface area contributed by atoms with Crippen LogP contribution in [0.3, 0.4) is 0 Å². The summed E-state index contributed by atoms with van der Waals surface area (Å²) in [5.74, 6) is 0.573. The highest BCUT2D eigenvalue weighted by Gasteiger charge is 2.11. The van der Waals surface area contributed by atoms with Gasteiger partial charge in [0.25, 0.3) is 0 Å². The van der Waals surface area contributed by atoms with Crippen molar-refractivity contribution in [3.05, 3.63) is 35.4 Å². The van der Waals surface area contributed by atoms with Crippen LogP contribution in [0.25, 0.3) is 0 Å². The molecule has 0 saturated heterocycles. The highest BCUT2D eigenvalue weighted by Crippen LogP contribution is 2.18. The van der Waals surface area contributed by atoms with Crippen molar-refractivity contribution in [3.8, 4) is 0 Å². The minimum atomic E-state index is 0.0964. The largest absolute Gasteiger partial charge is 0.379 e. The number of ether oxygens (including phenoxy) is 2. The van der Waals surface area contributed by atoms with Gasteiger partial charge in [-0.05, 0) is 31.4 Å². The molecule has 3 heteroatoms. The van der Waals surface area contributed by atoms with Gasteiger partial charge in [-0.2, -0.15) is 0 Å². The van der Waals surface area contributed by atoms with Gasteiger partial charge in [-0.25, -0.2) is 0 Å². The first-order valence-corrected chi connectivity index (χ1v) is 8.10. The second-order valence-electron chi connectivity index (χ2n) is 5.95. The fourth-order valence-electron chi connectivity index (χ4n) is 2.12. The first-order valence-electron chi connectivity index (χ1n) is 8.10. The topological polar surface area (TPSA) is 30.5 Å². The number of aryl methyl sites for hydroxylation is 1. The summed E-state index contributed by atoms with van der Waals surface area (Å²) in [6.45, 7) is 12.6. The van der Waals surface area contributed by atoms with Crippen molar-refractivity contribution >= 4 is 0 Å². The van der Waals surface area contributed by atoms with Crippen molar-refractivity contribution in [2.45, 2.75) is 40.2 Å². The molecule has 0 aliphatic rings. The number of hydrogen-bond acceptors (Lipinski definition) is 3. The van der Waals surface area contributed by atoms with E-state index in [1.165, 1.54) is 11.1 Å². The molecule has 3 nitrogen and oxygen atoms in total. The molecule has 1 rings (SSSR count). The molecule has 0 radical (unpaired) electrons. The van der Waals surface area contributed by atoms with Crippen LogP contribution in [0.2, 0.25) is 0 Å². The van der Waals surface area contributed by atoms with E-state index in [1.807, 2.05) is 0 Å². The Morgan fingerprint density at radius 3 is 2.67 bits per heavy atom. The van der Waals surface area contributed by atoms with Gasteiger partial charge in [0.05, 0.1) is 19.3 Å². The molecular weight excluding hydrogens is 262 g/mol. The van der Waals surface area contributed by atoms with Gasteiger partial charge < -0.3 is 14.8 Å². The maximum absolute atomic E-state index is 6.02. The maximum atomic E-state index is 6.02. The third-order valence-electron chi connectivity index (χ3n) is 3.17. The first-order chi connectivity index (χ1) is 10.1. The molecule has 0 aliphatic carbocycles. The van der Waals surface area contributed by atoms with Gasteiger partial charge in [-0.15, -0.1) is 0 Å². The first kappa shape index (κ1) is 18.1. The van der Waals surface area contributed by atoms with Crippen molar-refractivity contribution in [1.82, 2.24) is 5.32 Å². The molecule has 0 saturated carbocycles. The molecule has 0 aliphatic heterocycles. The van der Waals surface area contributed by atoms with E-state index in [0.717, 1.165) is 26.1 Å². The lowest BCUT2D eigenvalue weighted by Gasteiger charge is -2.20. The Kier molecular flexibility index (Phi) is 9.31. The smallest absolute Gasteiger partial charge is 0.0950 e. The third-order valence-corrected chi connectivity index (χ3v) is 3.17. The molecule has 1 aromatic rings. The van der Waals surface area contributed by atoms with E-state index < -0.39 is 0 Å². The van der Waals surface area contributed by atoms with Gasteiger partial charge in [0.2, 0.25) is 0 Å². The molecule has 1 unspecified atom stereocenters. The highest BCUT2D eigenvalue weighted by atomic mass is 16.5. The minimum absolute atomic E-state index is 0.0964. The summed E-state index contributed by atoms with van der Waals surface area (Å²) in [6.07, 6.45) is 1.23. The molecule has 1 atom stereocenters. The molecule has 0 heterocycles. The lowest BCUT2D eigenvalue weighted by Crippen LogP contribution is -2.25. The van der Waals surface area contributed by atoms with Gasteiger partial charge in [0, 0.05) is 13.2 Å². The summed E-state index contributed by atoms with van der Waals surface area (Å²) in [5, 5.41) is 3.45. The van der Waals surface area contributed by atoms with Gasteiger partial charge in [-0.1, -0.05) is 50.6 Å².